The molecule has 1 aromatic rings. The molecule has 0 aromatic heterocycles. The molecule has 1 amide bonds. The van der Waals surface area contributed by atoms with Crippen LogP contribution in [0.25, 0.3) is 0 Å². The fraction of sp³-hybridized carbons (Fsp3) is 0.682. The molecule has 6 heteroatoms. The highest BCUT2D eigenvalue weighted by molar-refractivity contribution is 5.93. The number of fused-ring (bicyclic) bond motifs is 1. The molecular formula is C22H29FN2O3. The van der Waals surface area contributed by atoms with Crippen molar-refractivity contribution in [3.05, 3.63) is 34.6 Å². The number of benzene rings is 1. The van der Waals surface area contributed by atoms with Crippen molar-refractivity contribution >= 4 is 5.91 Å². The van der Waals surface area contributed by atoms with Gasteiger partial charge in [0, 0.05) is 24.7 Å². The van der Waals surface area contributed by atoms with E-state index in [0.717, 1.165) is 43.2 Å². The van der Waals surface area contributed by atoms with Crippen molar-refractivity contribution in [1.82, 2.24) is 10.4 Å². The van der Waals surface area contributed by atoms with Crippen molar-refractivity contribution in [2.75, 3.05) is 6.54 Å². The van der Waals surface area contributed by atoms with E-state index in [-0.39, 0.29) is 23.0 Å². The predicted molar refractivity (Wildman–Crippen MR) is 102 cm³/mol. The summed E-state index contributed by atoms with van der Waals surface area (Å²) in [5, 5.41) is 8.91. The van der Waals surface area contributed by atoms with E-state index in [1.165, 1.54) is 25.3 Å². The van der Waals surface area contributed by atoms with Crippen LogP contribution in [-0.2, 0) is 17.7 Å². The Hall–Kier alpha value is -1.50. The largest absolute Gasteiger partial charge is 0.370 e. The van der Waals surface area contributed by atoms with Gasteiger partial charge in [0.05, 0.1) is 11.7 Å². The van der Waals surface area contributed by atoms with Crippen LogP contribution >= 0.6 is 0 Å². The molecule has 4 fully saturated rings. The minimum Gasteiger partial charge on any atom is -0.370 e. The van der Waals surface area contributed by atoms with Crippen molar-refractivity contribution < 1.29 is 19.1 Å². The SMILES string of the molecule is CC[C@@H]1Cc2c(F)cc(C(=O)NO)cc2CN1CC12CC3CC(CC(C3)O1)C2. The third-order valence-corrected chi connectivity index (χ3v) is 7.54. The van der Waals surface area contributed by atoms with Crippen LogP contribution < -0.4 is 5.48 Å². The second-order valence-corrected chi connectivity index (χ2v) is 9.48. The molecule has 3 atom stereocenters. The molecule has 2 saturated carbocycles. The molecule has 152 valence electrons. The summed E-state index contributed by atoms with van der Waals surface area (Å²) in [5.41, 5.74) is 3.30. The summed E-state index contributed by atoms with van der Waals surface area (Å²) < 4.78 is 21.3. The van der Waals surface area contributed by atoms with E-state index in [1.807, 2.05) is 0 Å². The van der Waals surface area contributed by atoms with E-state index in [9.17, 15) is 9.18 Å². The number of ether oxygens (including phenoxy) is 1. The Bertz CT molecular complexity index is 761. The Morgan fingerprint density at radius 3 is 2.71 bits per heavy atom. The number of rotatable bonds is 4. The highest BCUT2D eigenvalue weighted by atomic mass is 19.1. The molecule has 2 aliphatic carbocycles. The minimum atomic E-state index is -0.671. The van der Waals surface area contributed by atoms with Crippen LogP contribution in [0.5, 0.6) is 0 Å². The van der Waals surface area contributed by atoms with Crippen molar-refractivity contribution in [2.45, 2.75) is 76.2 Å². The molecule has 2 N–H and O–H groups in total. The van der Waals surface area contributed by atoms with Crippen molar-refractivity contribution in [2.24, 2.45) is 11.8 Å². The molecule has 3 heterocycles. The zero-order chi connectivity index (χ0) is 19.5. The Morgan fingerprint density at radius 2 is 2.07 bits per heavy atom. The van der Waals surface area contributed by atoms with Gasteiger partial charge in [0.1, 0.15) is 5.82 Å². The van der Waals surface area contributed by atoms with E-state index >= 15 is 0 Å². The Labute approximate surface area is 165 Å². The summed E-state index contributed by atoms with van der Waals surface area (Å²) in [6, 6.07) is 3.24. The van der Waals surface area contributed by atoms with E-state index in [1.54, 1.807) is 11.5 Å². The minimum absolute atomic E-state index is 0.0434. The monoisotopic (exact) mass is 388 g/mol. The van der Waals surface area contributed by atoms with Gasteiger partial charge in [-0.05, 0) is 80.0 Å². The third-order valence-electron chi connectivity index (χ3n) is 7.54. The first-order chi connectivity index (χ1) is 13.5. The maximum Gasteiger partial charge on any atom is 0.274 e. The van der Waals surface area contributed by atoms with Crippen molar-refractivity contribution in [3.63, 3.8) is 0 Å². The summed E-state index contributed by atoms with van der Waals surface area (Å²) in [7, 11) is 0. The number of hydrogen-bond acceptors (Lipinski definition) is 4. The van der Waals surface area contributed by atoms with Crippen molar-refractivity contribution in [3.8, 4) is 0 Å². The molecular weight excluding hydrogens is 359 g/mol. The second kappa shape index (κ2) is 6.78. The summed E-state index contributed by atoms with van der Waals surface area (Å²) in [5.74, 6) is 0.594. The van der Waals surface area contributed by atoms with Gasteiger partial charge in [-0.2, -0.15) is 0 Å². The smallest absolute Gasteiger partial charge is 0.274 e. The molecule has 4 bridgehead atoms. The van der Waals surface area contributed by atoms with E-state index in [0.29, 0.717) is 24.6 Å². The van der Waals surface area contributed by atoms with Crippen LogP contribution in [0.15, 0.2) is 12.1 Å². The lowest BCUT2D eigenvalue weighted by Gasteiger charge is -2.58. The number of carbonyl (C=O) groups excluding carboxylic acids is 1. The molecule has 28 heavy (non-hydrogen) atoms. The molecule has 5 aliphatic rings. The summed E-state index contributed by atoms with van der Waals surface area (Å²) in [6.07, 6.45) is 8.18. The average Bonchev–Trinajstić information content (AvgIpc) is 2.65. The van der Waals surface area contributed by atoms with Gasteiger partial charge in [0.15, 0.2) is 0 Å². The highest BCUT2D eigenvalue weighted by Crippen LogP contribution is 2.53. The zero-order valence-corrected chi connectivity index (χ0v) is 16.4. The first kappa shape index (κ1) is 18.5. The molecule has 3 aliphatic heterocycles. The third kappa shape index (κ3) is 3.06. The number of amides is 1. The van der Waals surface area contributed by atoms with Gasteiger partial charge in [-0.3, -0.25) is 14.9 Å². The molecule has 1 aromatic carbocycles. The molecule has 5 nitrogen and oxygen atoms in total. The summed E-state index contributed by atoms with van der Waals surface area (Å²) in [4.78, 5) is 14.2. The first-order valence-electron chi connectivity index (χ1n) is 10.7. The van der Waals surface area contributed by atoms with E-state index < -0.39 is 5.91 Å². The fourth-order valence-corrected chi connectivity index (χ4v) is 6.61. The zero-order valence-electron chi connectivity index (χ0n) is 16.4. The number of halogens is 1. The Kier molecular flexibility index (Phi) is 4.49. The number of nitrogens with zero attached hydrogens (tertiary/aromatic N) is 1. The van der Waals surface area contributed by atoms with Crippen LogP contribution in [0.2, 0.25) is 0 Å². The summed E-state index contributed by atoms with van der Waals surface area (Å²) >= 11 is 0. The normalized spacial score (nSPS) is 36.4. The van der Waals surface area contributed by atoms with Gasteiger partial charge >= 0.3 is 0 Å². The Balaban J connectivity index is 1.42. The van der Waals surface area contributed by atoms with Gasteiger partial charge in [0.2, 0.25) is 0 Å². The molecule has 0 radical (unpaired) electrons. The number of hydrogen-bond donors (Lipinski definition) is 2. The van der Waals surface area contributed by atoms with Crippen LogP contribution in [-0.4, -0.2) is 40.3 Å². The molecule has 2 unspecified atom stereocenters. The maximum atomic E-state index is 14.7. The van der Waals surface area contributed by atoms with Gasteiger partial charge in [-0.1, -0.05) is 6.92 Å². The summed E-state index contributed by atoms with van der Waals surface area (Å²) in [6.45, 7) is 3.68. The lowest BCUT2D eigenvalue weighted by molar-refractivity contribution is -0.229. The second-order valence-electron chi connectivity index (χ2n) is 9.48. The number of carbonyl (C=O) groups is 1. The van der Waals surface area contributed by atoms with Gasteiger partial charge in [0.25, 0.3) is 5.91 Å². The van der Waals surface area contributed by atoms with Gasteiger partial charge in [-0.15, -0.1) is 0 Å². The highest BCUT2D eigenvalue weighted by Gasteiger charge is 2.53. The van der Waals surface area contributed by atoms with Crippen molar-refractivity contribution in [1.29, 1.82) is 0 Å². The number of nitrogens with one attached hydrogen (secondary N) is 1. The quantitative estimate of drug-likeness (QED) is 0.613. The van der Waals surface area contributed by atoms with E-state index in [2.05, 4.69) is 11.8 Å². The molecule has 2 saturated heterocycles. The Morgan fingerprint density at radius 1 is 1.32 bits per heavy atom. The molecule has 0 spiro atoms. The number of hydroxylamine groups is 1. The van der Waals surface area contributed by atoms with Crippen LogP contribution in [0.1, 0.15) is 66.9 Å². The van der Waals surface area contributed by atoms with Crippen LogP contribution in [0, 0.1) is 17.7 Å². The topological polar surface area (TPSA) is 61.8 Å². The fourth-order valence-electron chi connectivity index (χ4n) is 6.61. The lowest BCUT2D eigenvalue weighted by atomic mass is 9.62. The van der Waals surface area contributed by atoms with Crippen LogP contribution in [0.3, 0.4) is 0 Å². The van der Waals surface area contributed by atoms with Gasteiger partial charge < -0.3 is 4.74 Å². The average molecular weight is 388 g/mol. The standard InChI is InChI=1S/C22H29FN2O3/c1-2-17-8-19-16(6-15(7-20(19)23)21(26)24-27)11-25(17)12-22-9-13-3-14(10-22)5-18(4-13)28-22/h6-7,13-14,17-18,27H,2-5,8-12H2,1H3,(H,24,26)/t13?,14?,17-,18?,22?/m1/s1. The predicted octanol–water partition coefficient (Wildman–Crippen LogP) is 3.43. The lowest BCUT2D eigenvalue weighted by Crippen LogP contribution is -2.60. The maximum absolute atomic E-state index is 14.7. The van der Waals surface area contributed by atoms with Crippen LogP contribution in [0.4, 0.5) is 4.39 Å². The van der Waals surface area contributed by atoms with Gasteiger partial charge in [-0.25, -0.2) is 9.87 Å². The first-order valence-corrected chi connectivity index (χ1v) is 10.7. The molecule has 6 rings (SSSR count). The van der Waals surface area contributed by atoms with E-state index in [4.69, 9.17) is 9.94 Å².